The molecule has 92 valence electrons. The maximum Gasteiger partial charge on any atom is 0.320 e. The van der Waals surface area contributed by atoms with E-state index >= 15 is 0 Å². The highest BCUT2D eigenvalue weighted by Gasteiger charge is 2.37. The van der Waals surface area contributed by atoms with Gasteiger partial charge in [-0.2, -0.15) is 0 Å². The molecule has 1 unspecified atom stereocenters. The van der Waals surface area contributed by atoms with Crippen molar-refractivity contribution in [3.8, 4) is 0 Å². The van der Waals surface area contributed by atoms with Gasteiger partial charge in [-0.25, -0.2) is 0 Å². The van der Waals surface area contributed by atoms with Gasteiger partial charge in [-0.3, -0.25) is 4.79 Å². The second-order valence-corrected chi connectivity index (χ2v) is 5.51. The highest BCUT2D eigenvalue weighted by Crippen LogP contribution is 2.34. The third kappa shape index (κ3) is 2.97. The minimum absolute atomic E-state index is 0.295. The van der Waals surface area contributed by atoms with E-state index in [2.05, 4.69) is 12.2 Å². The monoisotopic (exact) mass is 225 g/mol. The summed E-state index contributed by atoms with van der Waals surface area (Å²) in [5.41, 5.74) is 0. The molecule has 0 aliphatic heterocycles. The molecule has 16 heavy (non-hydrogen) atoms. The molecule has 3 nitrogen and oxygen atoms in total. The molecule has 2 saturated carbocycles. The fourth-order valence-corrected chi connectivity index (χ4v) is 2.89. The fourth-order valence-electron chi connectivity index (χ4n) is 2.89. The molecule has 2 aliphatic carbocycles. The topological polar surface area (TPSA) is 49.3 Å². The maximum absolute atomic E-state index is 11.1. The lowest BCUT2D eigenvalue weighted by atomic mass is 9.84. The number of hydrogen-bond acceptors (Lipinski definition) is 2. The number of carboxylic acid groups (broad SMARTS) is 1. The van der Waals surface area contributed by atoms with Gasteiger partial charge in [0.25, 0.3) is 0 Å². The van der Waals surface area contributed by atoms with Gasteiger partial charge in [-0.05, 0) is 44.4 Å². The Kier molecular flexibility index (Phi) is 3.85. The van der Waals surface area contributed by atoms with Crippen LogP contribution in [0, 0.1) is 11.8 Å². The molecule has 0 spiro atoms. The molecule has 0 aromatic rings. The van der Waals surface area contributed by atoms with Gasteiger partial charge >= 0.3 is 5.97 Å². The normalized spacial score (nSPS) is 26.3. The fraction of sp³-hybridized carbons (Fsp3) is 0.923. The summed E-state index contributed by atoms with van der Waals surface area (Å²) in [5, 5.41) is 12.5. The first-order chi connectivity index (χ1) is 7.68. The zero-order chi connectivity index (χ0) is 11.5. The summed E-state index contributed by atoms with van der Waals surface area (Å²) in [7, 11) is 0. The van der Waals surface area contributed by atoms with Crippen molar-refractivity contribution < 1.29 is 9.90 Å². The molecule has 0 aromatic heterocycles. The van der Waals surface area contributed by atoms with Crippen molar-refractivity contribution in [3.63, 3.8) is 0 Å². The molecule has 0 bridgehead atoms. The summed E-state index contributed by atoms with van der Waals surface area (Å²) < 4.78 is 0. The molecule has 2 rings (SSSR count). The van der Waals surface area contributed by atoms with Gasteiger partial charge in [-0.15, -0.1) is 0 Å². The van der Waals surface area contributed by atoms with Gasteiger partial charge in [0, 0.05) is 6.04 Å². The van der Waals surface area contributed by atoms with Crippen LogP contribution in [0.4, 0.5) is 0 Å². The lowest BCUT2D eigenvalue weighted by Crippen LogP contribution is -2.46. The highest BCUT2D eigenvalue weighted by atomic mass is 16.4. The molecular weight excluding hydrogens is 202 g/mol. The molecule has 2 atom stereocenters. The summed E-state index contributed by atoms with van der Waals surface area (Å²) in [5.74, 6) is 0.419. The van der Waals surface area contributed by atoms with Crippen LogP contribution in [0.2, 0.25) is 0 Å². The van der Waals surface area contributed by atoms with E-state index in [-0.39, 0.29) is 6.04 Å². The smallest absolute Gasteiger partial charge is 0.320 e. The molecule has 0 aromatic carbocycles. The Morgan fingerprint density at radius 3 is 2.25 bits per heavy atom. The molecule has 2 aliphatic rings. The van der Waals surface area contributed by atoms with E-state index in [4.69, 9.17) is 5.11 Å². The number of aliphatic carboxylic acids is 1. The van der Waals surface area contributed by atoms with Crippen LogP contribution in [0.1, 0.15) is 51.9 Å². The first kappa shape index (κ1) is 11.9. The van der Waals surface area contributed by atoms with Crippen molar-refractivity contribution in [2.75, 3.05) is 0 Å². The Labute approximate surface area is 97.6 Å². The predicted molar refractivity (Wildman–Crippen MR) is 63.3 cm³/mol. The third-order valence-corrected chi connectivity index (χ3v) is 4.16. The van der Waals surface area contributed by atoms with E-state index in [9.17, 15) is 4.79 Å². The average Bonchev–Trinajstić information content (AvgIpc) is 3.10. The van der Waals surface area contributed by atoms with Crippen LogP contribution in [-0.4, -0.2) is 23.2 Å². The Hall–Kier alpha value is -0.570. The zero-order valence-corrected chi connectivity index (χ0v) is 10.1. The largest absolute Gasteiger partial charge is 0.480 e. The molecule has 0 amide bonds. The Morgan fingerprint density at radius 1 is 1.12 bits per heavy atom. The number of nitrogens with one attached hydrogen (secondary N) is 1. The van der Waals surface area contributed by atoms with Gasteiger partial charge < -0.3 is 10.4 Å². The van der Waals surface area contributed by atoms with Crippen LogP contribution in [0.3, 0.4) is 0 Å². The lowest BCUT2D eigenvalue weighted by Gasteiger charge is -2.30. The van der Waals surface area contributed by atoms with Crippen LogP contribution >= 0.6 is 0 Å². The first-order valence-corrected chi connectivity index (χ1v) is 6.67. The van der Waals surface area contributed by atoms with Crippen LogP contribution in [0.5, 0.6) is 0 Å². The molecule has 0 saturated heterocycles. The third-order valence-electron chi connectivity index (χ3n) is 4.16. The summed E-state index contributed by atoms with van der Waals surface area (Å²) >= 11 is 0. The SMILES string of the molecule is C[C@@H](NC(C(=O)O)C1CC1)C1CCCCC1. The lowest BCUT2D eigenvalue weighted by molar-refractivity contribution is -0.140. The summed E-state index contributed by atoms with van der Waals surface area (Å²) in [6.07, 6.45) is 8.70. The van der Waals surface area contributed by atoms with Crippen LogP contribution in [0.25, 0.3) is 0 Å². The Balaban J connectivity index is 1.83. The van der Waals surface area contributed by atoms with Gasteiger partial charge in [0.1, 0.15) is 6.04 Å². The summed E-state index contributed by atoms with van der Waals surface area (Å²) in [6.45, 7) is 2.16. The molecule has 3 heteroatoms. The van der Waals surface area contributed by atoms with E-state index < -0.39 is 5.97 Å². The second kappa shape index (κ2) is 5.17. The predicted octanol–water partition coefficient (Wildman–Crippen LogP) is 2.41. The van der Waals surface area contributed by atoms with Gasteiger partial charge in [0.2, 0.25) is 0 Å². The van der Waals surface area contributed by atoms with Crippen molar-refractivity contribution in [2.45, 2.75) is 64.0 Å². The van der Waals surface area contributed by atoms with Crippen LogP contribution in [-0.2, 0) is 4.79 Å². The van der Waals surface area contributed by atoms with Gasteiger partial charge in [0.15, 0.2) is 0 Å². The van der Waals surface area contributed by atoms with Crippen molar-refractivity contribution >= 4 is 5.97 Å². The number of rotatable bonds is 5. The van der Waals surface area contributed by atoms with Crippen molar-refractivity contribution in [2.24, 2.45) is 11.8 Å². The van der Waals surface area contributed by atoms with E-state index in [1.165, 1.54) is 32.1 Å². The average molecular weight is 225 g/mol. The van der Waals surface area contributed by atoms with Gasteiger partial charge in [0.05, 0.1) is 0 Å². The van der Waals surface area contributed by atoms with E-state index in [0.717, 1.165) is 12.8 Å². The summed E-state index contributed by atoms with van der Waals surface area (Å²) in [4.78, 5) is 11.1. The minimum Gasteiger partial charge on any atom is -0.480 e. The molecule has 0 heterocycles. The quantitative estimate of drug-likeness (QED) is 0.755. The van der Waals surface area contributed by atoms with E-state index in [1.54, 1.807) is 0 Å². The molecule has 2 fully saturated rings. The Morgan fingerprint density at radius 2 is 1.75 bits per heavy atom. The van der Waals surface area contributed by atoms with Crippen molar-refractivity contribution in [1.29, 1.82) is 0 Å². The number of hydrogen-bond donors (Lipinski definition) is 2. The van der Waals surface area contributed by atoms with Crippen molar-refractivity contribution in [3.05, 3.63) is 0 Å². The second-order valence-electron chi connectivity index (χ2n) is 5.51. The highest BCUT2D eigenvalue weighted by molar-refractivity contribution is 5.74. The maximum atomic E-state index is 11.1. The van der Waals surface area contributed by atoms with E-state index in [0.29, 0.717) is 17.9 Å². The molecular formula is C13H23NO2. The zero-order valence-electron chi connectivity index (χ0n) is 10.1. The van der Waals surface area contributed by atoms with E-state index in [1.807, 2.05) is 0 Å². The number of carboxylic acids is 1. The van der Waals surface area contributed by atoms with Crippen molar-refractivity contribution in [1.82, 2.24) is 5.32 Å². The molecule has 0 radical (unpaired) electrons. The Bertz CT molecular complexity index is 244. The summed E-state index contributed by atoms with van der Waals surface area (Å²) in [6, 6.07) is 0.0685. The number of carbonyl (C=O) groups is 1. The first-order valence-electron chi connectivity index (χ1n) is 6.67. The molecule has 2 N–H and O–H groups in total. The van der Waals surface area contributed by atoms with Crippen LogP contribution in [0.15, 0.2) is 0 Å². The van der Waals surface area contributed by atoms with Gasteiger partial charge in [-0.1, -0.05) is 19.3 Å². The van der Waals surface area contributed by atoms with Crippen LogP contribution < -0.4 is 5.32 Å². The standard InChI is InChI=1S/C13H23NO2/c1-9(10-5-3-2-4-6-10)14-12(13(15)16)11-7-8-11/h9-12,14H,2-8H2,1H3,(H,15,16)/t9-,12?/m1/s1. The minimum atomic E-state index is -0.662.